The largest absolute Gasteiger partial charge is 0.481 e. The van der Waals surface area contributed by atoms with Crippen molar-refractivity contribution in [2.24, 2.45) is 0 Å². The van der Waals surface area contributed by atoms with Gasteiger partial charge in [-0.05, 0) is 6.42 Å². The summed E-state index contributed by atoms with van der Waals surface area (Å²) in [7, 11) is 0. The number of hydrogen-bond donors (Lipinski definition) is 1. The van der Waals surface area contributed by atoms with E-state index >= 15 is 0 Å². The summed E-state index contributed by atoms with van der Waals surface area (Å²) in [6.45, 7) is 2.27. The maximum atomic E-state index is 10.3. The molecule has 0 heterocycles. The van der Waals surface area contributed by atoms with Crippen LogP contribution in [-0.2, 0) is 4.79 Å². The van der Waals surface area contributed by atoms with E-state index in [4.69, 9.17) is 5.11 Å². The normalized spacial score (nSPS) is 10.3. The summed E-state index contributed by atoms with van der Waals surface area (Å²) in [5, 5.41) is 8.52. The summed E-state index contributed by atoms with van der Waals surface area (Å²) in [5.74, 6) is -0.653. The van der Waals surface area contributed by atoms with Gasteiger partial charge in [0.15, 0.2) is 0 Å². The van der Waals surface area contributed by atoms with Crippen molar-refractivity contribution in [3.05, 3.63) is 0 Å². The predicted molar refractivity (Wildman–Crippen MR) is 94.4 cm³/mol. The number of halogens is 1. The van der Waals surface area contributed by atoms with E-state index in [0.717, 1.165) is 12.8 Å². The van der Waals surface area contributed by atoms with Crippen molar-refractivity contribution in [3.8, 4) is 0 Å². The van der Waals surface area contributed by atoms with Crippen LogP contribution in [0.4, 0.5) is 0 Å². The van der Waals surface area contributed by atoms with Gasteiger partial charge in [0.1, 0.15) is 0 Å². The lowest BCUT2D eigenvalue weighted by atomic mass is 10.0. The fourth-order valence-corrected chi connectivity index (χ4v) is 2.65. The number of hydrogen-bond acceptors (Lipinski definition) is 1. The lowest BCUT2D eigenvalue weighted by Crippen LogP contribution is -1.93. The smallest absolute Gasteiger partial charge is 0.303 e. The molecule has 0 amide bonds. The first-order chi connectivity index (χ1) is 9.77. The Morgan fingerprint density at radius 1 is 0.619 bits per heavy atom. The molecule has 128 valence electrons. The molecule has 2 nitrogen and oxygen atoms in total. The Balaban J connectivity index is 0. The number of carbonyl (C=O) groups is 1. The molecule has 0 aromatic carbocycles. The van der Waals surface area contributed by atoms with Gasteiger partial charge in [0.05, 0.1) is 0 Å². The van der Waals surface area contributed by atoms with E-state index in [0.29, 0.717) is 6.42 Å². The predicted octanol–water partition coefficient (Wildman–Crippen LogP) is 6.75. The zero-order valence-corrected chi connectivity index (χ0v) is 14.9. The number of carboxylic acids is 1. The molecule has 0 saturated heterocycles. The van der Waals surface area contributed by atoms with Crippen LogP contribution in [0.1, 0.15) is 110 Å². The molecule has 3 heteroatoms. The van der Waals surface area contributed by atoms with Gasteiger partial charge in [0, 0.05) is 6.42 Å². The molecule has 0 aliphatic carbocycles. The van der Waals surface area contributed by atoms with Crippen molar-refractivity contribution in [1.29, 1.82) is 0 Å². The van der Waals surface area contributed by atoms with E-state index in [1.165, 1.54) is 83.5 Å². The maximum Gasteiger partial charge on any atom is 0.303 e. The quantitative estimate of drug-likeness (QED) is 0.319. The Kier molecular flexibility index (Phi) is 21.7. The zero-order chi connectivity index (χ0) is 14.9. The Bertz CT molecular complexity index is 207. The van der Waals surface area contributed by atoms with Crippen LogP contribution in [0.3, 0.4) is 0 Å². The van der Waals surface area contributed by atoms with Crippen LogP contribution in [0.2, 0.25) is 0 Å². The average molecular weight is 321 g/mol. The van der Waals surface area contributed by atoms with E-state index < -0.39 is 5.97 Å². The van der Waals surface area contributed by atoms with Gasteiger partial charge < -0.3 is 5.11 Å². The SMILES string of the molecule is CCCCCCCCCCCCCCCCCC(=O)O.Cl. The third-order valence-electron chi connectivity index (χ3n) is 3.99. The summed E-state index contributed by atoms with van der Waals surface area (Å²) in [6.07, 6.45) is 20.2. The average Bonchev–Trinajstić information content (AvgIpc) is 2.43. The van der Waals surface area contributed by atoms with Gasteiger partial charge in [-0.3, -0.25) is 4.79 Å². The van der Waals surface area contributed by atoms with Crippen LogP contribution in [-0.4, -0.2) is 11.1 Å². The second-order valence-corrected chi connectivity index (χ2v) is 6.09. The molecule has 0 atom stereocenters. The number of rotatable bonds is 16. The summed E-state index contributed by atoms with van der Waals surface area (Å²) in [4.78, 5) is 10.3. The van der Waals surface area contributed by atoms with Crippen LogP contribution in [0.25, 0.3) is 0 Å². The molecule has 0 aliphatic rings. The molecule has 0 aromatic rings. The number of carboxylic acid groups (broad SMARTS) is 1. The molecule has 1 N–H and O–H groups in total. The van der Waals surface area contributed by atoms with E-state index in [1.54, 1.807) is 0 Å². The van der Waals surface area contributed by atoms with Crippen molar-refractivity contribution in [3.63, 3.8) is 0 Å². The molecular weight excluding hydrogens is 284 g/mol. The van der Waals surface area contributed by atoms with Crippen molar-refractivity contribution in [1.82, 2.24) is 0 Å². The maximum absolute atomic E-state index is 10.3. The second-order valence-electron chi connectivity index (χ2n) is 6.09. The zero-order valence-electron chi connectivity index (χ0n) is 14.1. The molecule has 0 radical (unpaired) electrons. The molecule has 0 rings (SSSR count). The van der Waals surface area contributed by atoms with E-state index in [9.17, 15) is 4.79 Å². The Morgan fingerprint density at radius 3 is 1.19 bits per heavy atom. The van der Waals surface area contributed by atoms with Crippen LogP contribution < -0.4 is 0 Å². The fourth-order valence-electron chi connectivity index (χ4n) is 2.65. The molecule has 0 aliphatic heterocycles. The van der Waals surface area contributed by atoms with Crippen LogP contribution >= 0.6 is 12.4 Å². The van der Waals surface area contributed by atoms with Crippen LogP contribution in [0.5, 0.6) is 0 Å². The Morgan fingerprint density at radius 2 is 0.905 bits per heavy atom. The van der Waals surface area contributed by atoms with Gasteiger partial charge in [-0.1, -0.05) is 96.8 Å². The van der Waals surface area contributed by atoms with Crippen LogP contribution in [0, 0.1) is 0 Å². The standard InChI is InChI=1S/C18H36O2.ClH/c1-2-3-4-5-6-7-8-9-10-11-12-13-14-15-16-17-18(19)20;/h2-17H2,1H3,(H,19,20);1H. The second kappa shape index (κ2) is 19.8. The van der Waals surface area contributed by atoms with Gasteiger partial charge in [0.2, 0.25) is 0 Å². The van der Waals surface area contributed by atoms with E-state index in [2.05, 4.69) is 6.92 Å². The third-order valence-corrected chi connectivity index (χ3v) is 3.99. The highest BCUT2D eigenvalue weighted by Crippen LogP contribution is 2.13. The minimum absolute atomic E-state index is 0. The monoisotopic (exact) mass is 320 g/mol. The molecule has 0 saturated carbocycles. The molecular formula is C18H37ClO2. The Hall–Kier alpha value is -0.240. The minimum atomic E-state index is -0.653. The fraction of sp³-hybridized carbons (Fsp3) is 0.944. The van der Waals surface area contributed by atoms with Crippen molar-refractivity contribution >= 4 is 18.4 Å². The summed E-state index contributed by atoms with van der Waals surface area (Å²) >= 11 is 0. The first-order valence-electron chi connectivity index (χ1n) is 8.99. The highest BCUT2D eigenvalue weighted by Gasteiger charge is 1.97. The van der Waals surface area contributed by atoms with Crippen molar-refractivity contribution in [2.75, 3.05) is 0 Å². The van der Waals surface area contributed by atoms with Gasteiger partial charge in [-0.15, -0.1) is 12.4 Å². The molecule has 0 unspecified atom stereocenters. The lowest BCUT2D eigenvalue weighted by molar-refractivity contribution is -0.137. The molecule has 0 aromatic heterocycles. The van der Waals surface area contributed by atoms with Crippen LogP contribution in [0.15, 0.2) is 0 Å². The van der Waals surface area contributed by atoms with Gasteiger partial charge >= 0.3 is 5.97 Å². The van der Waals surface area contributed by atoms with Crippen molar-refractivity contribution < 1.29 is 9.90 Å². The van der Waals surface area contributed by atoms with E-state index in [1.807, 2.05) is 0 Å². The molecule has 21 heavy (non-hydrogen) atoms. The first kappa shape index (κ1) is 23.0. The third kappa shape index (κ3) is 22.2. The van der Waals surface area contributed by atoms with E-state index in [-0.39, 0.29) is 12.4 Å². The highest BCUT2D eigenvalue weighted by molar-refractivity contribution is 5.85. The van der Waals surface area contributed by atoms with Crippen molar-refractivity contribution in [2.45, 2.75) is 110 Å². The summed E-state index contributed by atoms with van der Waals surface area (Å²) in [5.41, 5.74) is 0. The summed E-state index contributed by atoms with van der Waals surface area (Å²) < 4.78 is 0. The number of aliphatic carboxylic acids is 1. The molecule has 0 fully saturated rings. The van der Waals surface area contributed by atoms with Gasteiger partial charge in [-0.25, -0.2) is 0 Å². The first-order valence-corrected chi connectivity index (χ1v) is 8.99. The minimum Gasteiger partial charge on any atom is -0.481 e. The van der Waals surface area contributed by atoms with Gasteiger partial charge in [-0.2, -0.15) is 0 Å². The highest BCUT2D eigenvalue weighted by atomic mass is 35.5. The number of unbranched alkanes of at least 4 members (excludes halogenated alkanes) is 14. The molecule has 0 bridgehead atoms. The molecule has 0 spiro atoms. The summed E-state index contributed by atoms with van der Waals surface area (Å²) in [6, 6.07) is 0. The Labute approximate surface area is 138 Å². The topological polar surface area (TPSA) is 37.3 Å². The lowest BCUT2D eigenvalue weighted by Gasteiger charge is -2.03. The van der Waals surface area contributed by atoms with Gasteiger partial charge in [0.25, 0.3) is 0 Å².